The van der Waals surface area contributed by atoms with Crippen LogP contribution in [0.25, 0.3) is 11.3 Å². The first-order valence-corrected chi connectivity index (χ1v) is 30.2. The first kappa shape index (κ1) is 58.0. The van der Waals surface area contributed by atoms with Gasteiger partial charge in [-0.15, -0.1) is 0 Å². The number of rotatable bonds is 10. The Bertz CT molecular complexity index is 4130. The molecule has 3 N–H and O–H groups in total. The number of nitrogens with one attached hydrogen (secondary N) is 2. The zero-order valence-corrected chi connectivity index (χ0v) is 48.8. The molecule has 0 saturated carbocycles. The maximum Gasteiger partial charge on any atom is 0.410 e. The number of carboxylic acid groups (broad SMARTS) is 1. The number of benzene rings is 5. The van der Waals surface area contributed by atoms with Gasteiger partial charge in [0.2, 0.25) is 20.0 Å². The van der Waals surface area contributed by atoms with Crippen LogP contribution >= 0.6 is 11.6 Å². The molecule has 0 saturated heterocycles. The highest BCUT2D eigenvalue weighted by Crippen LogP contribution is 2.37. The predicted molar refractivity (Wildman–Crippen MR) is 314 cm³/mol. The number of anilines is 2. The van der Waals surface area contributed by atoms with Crippen LogP contribution < -0.4 is 9.44 Å². The van der Waals surface area contributed by atoms with Crippen molar-refractivity contribution in [2.24, 2.45) is 0 Å². The fourth-order valence-corrected chi connectivity index (χ4v) is 11.2. The van der Waals surface area contributed by atoms with E-state index in [2.05, 4.69) is 37.6 Å². The lowest BCUT2D eigenvalue weighted by Crippen LogP contribution is -2.39. The Morgan fingerprint density at radius 3 is 1.71 bits per heavy atom. The Balaban J connectivity index is 0.000000160. The molecule has 6 heterocycles. The van der Waals surface area contributed by atoms with Crippen LogP contribution in [0.1, 0.15) is 106 Å². The number of hydrogen-bond acceptors (Lipinski definition) is 12. The number of amides is 2. The van der Waals surface area contributed by atoms with Crippen LogP contribution in [0.15, 0.2) is 134 Å². The van der Waals surface area contributed by atoms with Crippen LogP contribution in [-0.4, -0.2) is 91.4 Å². The minimum absolute atomic E-state index is 0.0552. The largest absolute Gasteiger partial charge is 0.478 e. The maximum atomic E-state index is 14.0. The second-order valence-electron chi connectivity index (χ2n) is 20.6. The molecule has 82 heavy (non-hydrogen) atoms. The van der Waals surface area contributed by atoms with E-state index in [1.807, 2.05) is 114 Å². The Kier molecular flexibility index (Phi) is 16.8. The number of carbonyl (C=O) groups is 3. The number of aromatic carboxylic acids is 1. The van der Waals surface area contributed by atoms with E-state index in [9.17, 15) is 31.2 Å². The fourth-order valence-electron chi connectivity index (χ4n) is 9.81. The van der Waals surface area contributed by atoms with Crippen molar-refractivity contribution in [3.05, 3.63) is 223 Å². The fraction of sp³-hybridized carbons (Fsp3) is 0.250. The summed E-state index contributed by atoms with van der Waals surface area (Å²) in [4.78, 5) is 50.8. The highest BCUT2D eigenvalue weighted by atomic mass is 35.5. The van der Waals surface area contributed by atoms with Crippen LogP contribution in [-0.2, 0) is 57.3 Å². The summed E-state index contributed by atoms with van der Waals surface area (Å²) >= 11 is 6.54. The minimum Gasteiger partial charge on any atom is -0.478 e. The lowest BCUT2D eigenvalue weighted by Gasteiger charge is -2.36. The summed E-state index contributed by atoms with van der Waals surface area (Å²) in [6, 6.07) is 38.8. The number of aromatic nitrogens is 6. The summed E-state index contributed by atoms with van der Waals surface area (Å²) in [5, 5.41) is 18.9. The van der Waals surface area contributed by atoms with E-state index < -0.39 is 26.0 Å². The van der Waals surface area contributed by atoms with Crippen molar-refractivity contribution in [3.8, 4) is 0 Å². The van der Waals surface area contributed by atoms with Gasteiger partial charge in [-0.25, -0.2) is 45.4 Å². The number of ether oxygens (including phenoxy) is 1. The molecule has 5 aromatic carbocycles. The van der Waals surface area contributed by atoms with E-state index in [4.69, 9.17) is 31.6 Å². The minimum atomic E-state index is -3.56. The molecule has 19 nitrogen and oxygen atoms in total. The number of halogens is 1. The normalized spacial score (nSPS) is 14.8. The number of fused-ring (bicyclic) bond motifs is 4. The van der Waals surface area contributed by atoms with E-state index in [0.717, 1.165) is 85.4 Å². The van der Waals surface area contributed by atoms with E-state index in [-0.39, 0.29) is 47.6 Å². The number of carbonyl (C=O) groups excluding carboxylic acids is 2. The van der Waals surface area contributed by atoms with Gasteiger partial charge in [-0.05, 0) is 112 Å². The monoisotopic (exact) mass is 1160 g/mol. The molecule has 2 aliphatic heterocycles. The number of nitrogens with zero attached hydrogens (tertiary/aromatic N) is 8. The molecular weight excluding hydrogens is 1100 g/mol. The van der Waals surface area contributed by atoms with Crippen molar-refractivity contribution < 1.29 is 41.1 Å². The molecule has 9 aromatic rings. The molecule has 424 valence electrons. The molecule has 2 amide bonds. The van der Waals surface area contributed by atoms with Crippen molar-refractivity contribution in [2.45, 2.75) is 86.2 Å². The van der Waals surface area contributed by atoms with Gasteiger partial charge in [-0.3, -0.25) is 19.1 Å². The Hall–Kier alpha value is -8.66. The van der Waals surface area contributed by atoms with Crippen LogP contribution in [0.3, 0.4) is 0 Å². The maximum absolute atomic E-state index is 14.0. The van der Waals surface area contributed by atoms with Gasteiger partial charge in [0, 0.05) is 48.4 Å². The first-order valence-electron chi connectivity index (χ1n) is 26.1. The summed E-state index contributed by atoms with van der Waals surface area (Å²) in [5.41, 5.74) is 14.3. The van der Waals surface area contributed by atoms with Gasteiger partial charge < -0.3 is 14.7 Å². The molecule has 4 aromatic heterocycles. The second kappa shape index (κ2) is 23.8. The van der Waals surface area contributed by atoms with Crippen LogP contribution in [0.2, 0.25) is 5.15 Å². The van der Waals surface area contributed by atoms with Crippen LogP contribution in [0.4, 0.5) is 16.2 Å². The molecule has 0 fully saturated rings. The molecule has 2 atom stereocenters. The summed E-state index contributed by atoms with van der Waals surface area (Å²) < 4.78 is 59.6. The Labute approximate surface area is 480 Å². The van der Waals surface area contributed by atoms with Crippen molar-refractivity contribution in [1.82, 2.24) is 39.0 Å². The quantitative estimate of drug-likeness (QED) is 0.108. The third kappa shape index (κ3) is 13.4. The van der Waals surface area contributed by atoms with Gasteiger partial charge in [0.1, 0.15) is 11.8 Å². The van der Waals surface area contributed by atoms with Gasteiger partial charge in [0.15, 0.2) is 11.3 Å². The average Bonchev–Trinajstić information content (AvgIpc) is 3.15. The van der Waals surface area contributed by atoms with Crippen LogP contribution in [0, 0.1) is 41.5 Å². The van der Waals surface area contributed by atoms with Crippen molar-refractivity contribution in [2.75, 3.05) is 22.0 Å². The van der Waals surface area contributed by atoms with E-state index in [1.54, 1.807) is 50.0 Å². The SMILES string of the molecule is Cc1ccc(NS(C)(=O)=O)c(C(=O)N2Cc3ccccc3C[C@H]2c2cc3nc(C)c(C)cn3n2)c1.Cc1ccc(NS(C)(=O)=O)c(C(=O)O)c1.Cc1nc2cc([C@@H]3Cc4ccccc4CN3C(=O)OCc3ccccc3)nn2c(Cl)c1C. The number of carboxylic acids is 1. The molecule has 0 radical (unpaired) electrons. The second-order valence-corrected chi connectivity index (χ2v) is 24.4. The Morgan fingerprint density at radius 2 is 1.12 bits per heavy atom. The third-order valence-corrected chi connectivity index (χ3v) is 15.8. The first-order chi connectivity index (χ1) is 38.9. The zero-order chi connectivity index (χ0) is 58.8. The molecule has 0 aliphatic carbocycles. The van der Waals surface area contributed by atoms with Crippen molar-refractivity contribution >= 4 is 72.3 Å². The number of hydrogen-bond donors (Lipinski definition) is 3. The summed E-state index contributed by atoms with van der Waals surface area (Å²) in [6.45, 7) is 12.5. The lowest BCUT2D eigenvalue weighted by atomic mass is 9.91. The summed E-state index contributed by atoms with van der Waals surface area (Å²) in [7, 11) is -7.02. The molecular formula is C60H61ClN10O9S2. The lowest BCUT2D eigenvalue weighted by molar-refractivity contribution is 0.0632. The molecule has 0 spiro atoms. The van der Waals surface area contributed by atoms with Gasteiger partial charge in [-0.2, -0.15) is 10.2 Å². The van der Waals surface area contributed by atoms with E-state index >= 15 is 0 Å². The highest BCUT2D eigenvalue weighted by Gasteiger charge is 2.36. The molecule has 0 bridgehead atoms. The van der Waals surface area contributed by atoms with E-state index in [1.165, 1.54) is 17.7 Å². The molecule has 11 rings (SSSR count). The average molecular weight is 1170 g/mol. The topological polar surface area (TPSA) is 240 Å². The smallest absolute Gasteiger partial charge is 0.410 e. The van der Waals surface area contributed by atoms with Gasteiger partial charge in [0.25, 0.3) is 5.91 Å². The molecule has 2 aliphatic rings. The number of aryl methyl sites for hydroxylation is 5. The van der Waals surface area contributed by atoms with Gasteiger partial charge in [0.05, 0.1) is 58.5 Å². The van der Waals surface area contributed by atoms with Crippen LogP contribution in [0.5, 0.6) is 0 Å². The predicted octanol–water partition coefficient (Wildman–Crippen LogP) is 10.5. The molecule has 0 unspecified atom stereocenters. The van der Waals surface area contributed by atoms with Crippen molar-refractivity contribution in [3.63, 3.8) is 0 Å². The number of sulfonamides is 2. The zero-order valence-electron chi connectivity index (χ0n) is 46.4. The summed E-state index contributed by atoms with van der Waals surface area (Å²) in [6.07, 6.45) is 4.88. The van der Waals surface area contributed by atoms with E-state index in [0.29, 0.717) is 42.3 Å². The van der Waals surface area contributed by atoms with Crippen molar-refractivity contribution in [1.29, 1.82) is 0 Å². The summed E-state index contributed by atoms with van der Waals surface area (Å²) in [5.74, 6) is -1.42. The van der Waals surface area contributed by atoms with Gasteiger partial charge >= 0.3 is 12.1 Å². The standard InChI is InChI=1S/C26H27N5O3S.C25H23ClN4O2.C9H11NO4S/c1-16-9-10-22(29-35(4,33)34)21(11-16)26(32)30-15-20-8-6-5-7-19(20)12-24(30)23-13-25-27-18(3)17(2)14-31(25)28-23;1-16-17(2)27-23-13-21(28-30(23)24(16)26)22-12-19-10-6-7-11-20(19)14-29(22)25(31)32-15-18-8-4-3-5-9-18;1-6-3-4-8(10-15(2,13)14)7(5-6)9(11)12/h5-11,13-14,24,29H,12,15H2,1-4H3;3-11,13,22H,12,14-15H2,1-2H3;3-5,10H,1-2H3,(H,11,12)/t24-;22-;/m00./s1. The highest BCUT2D eigenvalue weighted by molar-refractivity contribution is 7.92. The third-order valence-electron chi connectivity index (χ3n) is 14.2. The molecule has 22 heteroatoms. The van der Waals surface area contributed by atoms with Gasteiger partial charge in [-0.1, -0.05) is 114 Å². The Morgan fingerprint density at radius 1 is 0.622 bits per heavy atom.